The van der Waals surface area contributed by atoms with Gasteiger partial charge in [-0.2, -0.15) is 0 Å². The molecule has 8 heterocycles. The SMILES string of the molecule is CC=C(NC(=O)c1csc(-c2csc(-c3ccc4c(n3)-c3csc(n3)[C@H]([C@@H](C)O)NC(=O)c3csc(n3)[C@H](C(C)C)NC(=O)c3csc(n3)C(=CC)NC(=O)[C@H]([C@@H](C)O)NC(=O)c3csc-4n3)n2)n1)C(=O)NCC(C)=O. The number of thiazole rings is 6. The van der Waals surface area contributed by atoms with E-state index in [4.69, 9.17) is 15.0 Å². The van der Waals surface area contributed by atoms with Gasteiger partial charge in [-0.3, -0.25) is 33.6 Å². The van der Waals surface area contributed by atoms with Gasteiger partial charge in [0, 0.05) is 37.8 Å². The van der Waals surface area contributed by atoms with Crippen LogP contribution in [-0.2, 0) is 14.4 Å². The van der Waals surface area contributed by atoms with Crippen molar-refractivity contribution in [2.24, 2.45) is 5.92 Å². The molecular formula is C48H47N13O9S6. The van der Waals surface area contributed by atoms with Crippen molar-refractivity contribution < 1.29 is 43.8 Å². The molecule has 1 aliphatic rings. The summed E-state index contributed by atoms with van der Waals surface area (Å²) in [6.07, 6.45) is 0.482. The Morgan fingerprint density at radius 2 is 1.14 bits per heavy atom. The second kappa shape index (κ2) is 23.8. The molecule has 8 rings (SSSR count). The molecule has 6 amide bonds. The van der Waals surface area contributed by atoms with Crippen LogP contribution in [0.3, 0.4) is 0 Å². The molecule has 0 aliphatic carbocycles. The lowest BCUT2D eigenvalue weighted by molar-refractivity contribution is -0.124. The van der Waals surface area contributed by atoms with Crippen molar-refractivity contribution in [3.63, 3.8) is 0 Å². The molecule has 0 spiro atoms. The zero-order valence-corrected chi connectivity index (χ0v) is 46.2. The van der Waals surface area contributed by atoms with E-state index in [0.29, 0.717) is 53.4 Å². The van der Waals surface area contributed by atoms with Crippen molar-refractivity contribution in [3.8, 4) is 43.4 Å². The minimum atomic E-state index is -1.45. The average molecular weight is 1140 g/mol. The number of hydrogen-bond donors (Lipinski definition) is 8. The number of rotatable bonds is 10. The minimum absolute atomic E-state index is 0.0317. The Kier molecular flexibility index (Phi) is 17.2. The maximum Gasteiger partial charge on any atom is 0.275 e. The fourth-order valence-electron chi connectivity index (χ4n) is 7.17. The zero-order valence-electron chi connectivity index (χ0n) is 41.3. The quantitative estimate of drug-likeness (QED) is 0.0753. The Labute approximate surface area is 457 Å². The van der Waals surface area contributed by atoms with Crippen LogP contribution in [0.1, 0.15) is 118 Å². The number of aliphatic hydroxyl groups is 2. The monoisotopic (exact) mass is 1140 g/mol. The predicted molar refractivity (Wildman–Crippen MR) is 289 cm³/mol. The van der Waals surface area contributed by atoms with E-state index >= 15 is 0 Å². The Hall–Kier alpha value is -7.18. The number of Topliss-reactive ketones (excluding diaryl/α,β-unsaturated/α-hetero) is 1. The number of fused-ring (bicyclic) bond motifs is 11. The number of hydrogen-bond acceptors (Lipinski definition) is 22. The lowest BCUT2D eigenvalue weighted by Gasteiger charge is -2.21. The molecule has 1 aliphatic heterocycles. The summed E-state index contributed by atoms with van der Waals surface area (Å²) in [5.74, 6) is -4.34. The summed E-state index contributed by atoms with van der Waals surface area (Å²) in [6, 6.07) is 0.349. The first-order chi connectivity index (χ1) is 36.3. The van der Waals surface area contributed by atoms with Gasteiger partial charge in [0.2, 0.25) is 5.91 Å². The summed E-state index contributed by atoms with van der Waals surface area (Å²) in [6.45, 7) is 11.0. The van der Waals surface area contributed by atoms with E-state index < -0.39 is 65.8 Å². The first-order valence-electron chi connectivity index (χ1n) is 23.1. The third-order valence-electron chi connectivity index (χ3n) is 11.2. The van der Waals surface area contributed by atoms with Gasteiger partial charge >= 0.3 is 0 Å². The molecule has 8 N–H and O–H groups in total. The van der Waals surface area contributed by atoms with Gasteiger partial charge in [-0.05, 0) is 52.7 Å². The highest BCUT2D eigenvalue weighted by Crippen LogP contribution is 2.38. The number of carbonyl (C=O) groups is 7. The van der Waals surface area contributed by atoms with Gasteiger partial charge in [-0.1, -0.05) is 26.0 Å². The second-order valence-electron chi connectivity index (χ2n) is 17.2. The van der Waals surface area contributed by atoms with Gasteiger partial charge in [-0.25, -0.2) is 34.9 Å². The van der Waals surface area contributed by atoms with E-state index in [1.165, 1.54) is 65.7 Å². The van der Waals surface area contributed by atoms with Crippen LogP contribution in [0.4, 0.5) is 0 Å². The molecule has 0 saturated heterocycles. The topological polar surface area (TPSA) is 322 Å². The largest absolute Gasteiger partial charge is 0.391 e. The number of carbonyl (C=O) groups excluding carboxylic acids is 7. The number of ketones is 1. The summed E-state index contributed by atoms with van der Waals surface area (Å²) in [4.78, 5) is 125. The maximum absolute atomic E-state index is 13.9. The molecule has 7 aromatic heterocycles. The highest BCUT2D eigenvalue weighted by atomic mass is 32.1. The Morgan fingerprint density at radius 3 is 1.79 bits per heavy atom. The van der Waals surface area contributed by atoms with Gasteiger partial charge in [0.1, 0.15) is 93.5 Å². The summed E-state index contributed by atoms with van der Waals surface area (Å²) >= 11 is 6.94. The summed E-state index contributed by atoms with van der Waals surface area (Å²) in [5, 5.41) is 49.8. The molecule has 28 heteroatoms. The second-order valence-corrected chi connectivity index (χ2v) is 22.4. The number of allylic oxidation sites excluding steroid dienone is 2. The zero-order chi connectivity index (χ0) is 54.5. The minimum Gasteiger partial charge on any atom is -0.391 e. The third kappa shape index (κ3) is 12.4. The van der Waals surface area contributed by atoms with Crippen LogP contribution in [0.15, 0.2) is 62.3 Å². The molecule has 0 unspecified atom stereocenters. The predicted octanol–water partition coefficient (Wildman–Crippen LogP) is 5.78. The number of aromatic nitrogens is 7. The molecule has 0 radical (unpaired) electrons. The van der Waals surface area contributed by atoms with Crippen LogP contribution in [0.25, 0.3) is 49.1 Å². The first kappa shape index (κ1) is 55.1. The fourth-order valence-corrected chi connectivity index (χ4v) is 12.4. The van der Waals surface area contributed by atoms with Crippen LogP contribution in [0.5, 0.6) is 0 Å². The summed E-state index contributed by atoms with van der Waals surface area (Å²) in [5.41, 5.74) is 2.16. The molecule has 76 heavy (non-hydrogen) atoms. The number of nitrogens with one attached hydrogen (secondary N) is 6. The van der Waals surface area contributed by atoms with Gasteiger partial charge in [0.25, 0.3) is 29.5 Å². The molecule has 22 nitrogen and oxygen atoms in total. The molecule has 394 valence electrons. The standard InChI is InChI=1S/C48H47N13O9S6/c1-8-24(37(65)49-12-20(5)62)51-38(66)28-15-73-46(56-28)32-18-74-45(58-32)26-11-10-23-36(50-26)27-13-75-48(53-27)35(22(7)64)61-41(69)31-17-76-47(57-31)33(19(3)4)59-39(67)30-16-72-44(55-30)25(9-2)52-42(70)34(21(6)63)60-40(68)29-14-71-43(23)54-29/h8-11,13-19,21-22,33-35,63-64H,12H2,1-7H3,(H,49,65)(H,51,66)(H,52,70)(H,59,67)(H,60,68)(H,61,69)/t21-,22-,33+,34+,35+/m1/s1. The fraction of sp³-hybridized carbons (Fsp3) is 0.292. The number of aliphatic hydroxyl groups excluding tert-OH is 2. The van der Waals surface area contributed by atoms with Crippen LogP contribution >= 0.6 is 68.0 Å². The molecule has 7 aromatic rings. The number of pyridine rings is 1. The van der Waals surface area contributed by atoms with Crippen molar-refractivity contribution in [1.82, 2.24) is 66.8 Å². The lowest BCUT2D eigenvalue weighted by Crippen LogP contribution is -2.52. The van der Waals surface area contributed by atoms with E-state index in [-0.39, 0.29) is 57.4 Å². The average Bonchev–Trinajstić information content (AvgIpc) is 4.26. The van der Waals surface area contributed by atoms with Crippen LogP contribution in [-0.4, -0.2) is 111 Å². The Bertz CT molecular complexity index is 3440. The smallest absolute Gasteiger partial charge is 0.275 e. The van der Waals surface area contributed by atoms with Crippen LogP contribution < -0.4 is 31.9 Å². The highest BCUT2D eigenvalue weighted by molar-refractivity contribution is 7.15. The van der Waals surface area contributed by atoms with E-state index in [1.807, 2.05) is 13.8 Å². The van der Waals surface area contributed by atoms with E-state index in [2.05, 4.69) is 51.8 Å². The van der Waals surface area contributed by atoms with Crippen molar-refractivity contribution >= 4 is 115 Å². The molecule has 0 aromatic carbocycles. The first-order valence-corrected chi connectivity index (χ1v) is 28.4. The molecule has 8 bridgehead atoms. The van der Waals surface area contributed by atoms with Crippen molar-refractivity contribution in [1.29, 1.82) is 0 Å². The summed E-state index contributed by atoms with van der Waals surface area (Å²) < 4.78 is 0. The summed E-state index contributed by atoms with van der Waals surface area (Å²) in [7, 11) is 0. The van der Waals surface area contributed by atoms with Gasteiger partial charge < -0.3 is 42.1 Å². The van der Waals surface area contributed by atoms with Crippen LogP contribution in [0, 0.1) is 5.92 Å². The van der Waals surface area contributed by atoms with E-state index in [9.17, 15) is 43.8 Å². The lowest BCUT2D eigenvalue weighted by atomic mass is 10.1. The van der Waals surface area contributed by atoms with Gasteiger partial charge in [-0.15, -0.1) is 68.0 Å². The molecular weight excluding hydrogens is 1100 g/mol. The normalized spacial score (nSPS) is 18.0. The van der Waals surface area contributed by atoms with E-state index in [1.54, 1.807) is 48.2 Å². The maximum atomic E-state index is 13.9. The van der Waals surface area contributed by atoms with Gasteiger partial charge in [0.15, 0.2) is 0 Å². The van der Waals surface area contributed by atoms with Crippen molar-refractivity contribution in [2.75, 3.05) is 6.54 Å². The highest BCUT2D eigenvalue weighted by Gasteiger charge is 2.32. The van der Waals surface area contributed by atoms with Crippen molar-refractivity contribution in [2.45, 2.75) is 78.8 Å². The third-order valence-corrected chi connectivity index (χ3v) is 16.5. The Morgan fingerprint density at radius 1 is 0.618 bits per heavy atom. The Balaban J connectivity index is 1.15. The number of nitrogens with zero attached hydrogens (tertiary/aromatic N) is 7. The van der Waals surface area contributed by atoms with Gasteiger partial charge in [0.05, 0.1) is 36.2 Å². The molecule has 0 fully saturated rings. The van der Waals surface area contributed by atoms with Crippen molar-refractivity contribution in [3.05, 3.63) is 100 Å². The molecule has 0 saturated carbocycles. The van der Waals surface area contributed by atoms with E-state index in [0.717, 1.165) is 45.3 Å². The van der Waals surface area contributed by atoms with Crippen LogP contribution in [0.2, 0.25) is 0 Å². The number of amides is 6. The molecule has 5 atom stereocenters.